The highest BCUT2D eigenvalue weighted by molar-refractivity contribution is 7.19. The van der Waals surface area contributed by atoms with Crippen LogP contribution in [-0.4, -0.2) is 34.3 Å². The molecule has 0 unspecified atom stereocenters. The first kappa shape index (κ1) is 19.0. The highest BCUT2D eigenvalue weighted by Gasteiger charge is 2.13. The Bertz CT molecular complexity index is 1270. The minimum absolute atomic E-state index is 0.152. The van der Waals surface area contributed by atoms with E-state index in [9.17, 15) is 9.59 Å². The van der Waals surface area contributed by atoms with Gasteiger partial charge in [0.15, 0.2) is 11.5 Å². The van der Waals surface area contributed by atoms with Crippen LogP contribution in [0.5, 0.6) is 11.5 Å². The molecule has 0 saturated carbocycles. The lowest BCUT2D eigenvalue weighted by Crippen LogP contribution is -2.33. The van der Waals surface area contributed by atoms with Gasteiger partial charge in [-0.3, -0.25) is 14.0 Å². The van der Waals surface area contributed by atoms with Gasteiger partial charge in [0.1, 0.15) is 18.4 Å². The van der Waals surface area contributed by atoms with Crippen LogP contribution in [0.1, 0.15) is 10.4 Å². The summed E-state index contributed by atoms with van der Waals surface area (Å²) in [6.07, 6.45) is 1.58. The predicted octanol–water partition coefficient (Wildman–Crippen LogP) is 2.35. The predicted molar refractivity (Wildman–Crippen MR) is 111 cm³/mol. The van der Waals surface area contributed by atoms with E-state index in [4.69, 9.17) is 9.47 Å². The maximum absolute atomic E-state index is 12.7. The zero-order chi connectivity index (χ0) is 20.5. The minimum Gasteiger partial charge on any atom is -0.493 e. The van der Waals surface area contributed by atoms with Gasteiger partial charge in [-0.05, 0) is 36.8 Å². The van der Waals surface area contributed by atoms with E-state index in [0.717, 1.165) is 15.8 Å². The summed E-state index contributed by atoms with van der Waals surface area (Å²) in [5.41, 5.74) is 2.02. The first-order chi connectivity index (χ1) is 14.0. The third-order valence-corrected chi connectivity index (χ3v) is 5.63. The van der Waals surface area contributed by atoms with Crippen molar-refractivity contribution < 1.29 is 14.3 Å². The van der Waals surface area contributed by atoms with Gasteiger partial charge in [-0.1, -0.05) is 6.07 Å². The van der Waals surface area contributed by atoms with Crippen LogP contribution < -0.4 is 20.3 Å². The van der Waals surface area contributed by atoms with E-state index in [-0.39, 0.29) is 18.0 Å². The molecule has 1 N–H and O–H groups in total. The summed E-state index contributed by atoms with van der Waals surface area (Å²) in [6, 6.07) is 9.28. The monoisotopic (exact) mass is 412 g/mol. The third kappa shape index (κ3) is 3.56. The maximum Gasteiger partial charge on any atom is 0.291 e. The van der Waals surface area contributed by atoms with Crippen molar-refractivity contribution in [2.24, 2.45) is 0 Å². The Labute approximate surface area is 170 Å². The standard InChI is InChI=1S/C20H20N4O4S/c1-12-6-14-18(29-12)8-15-20(26)24(22-11-23(14)15)10-19(25)21-9-13-4-5-16(27-2)17(7-13)28-3/h4-8,11H,9-10H2,1-3H3,(H,21,25). The van der Waals surface area contributed by atoms with Crippen molar-refractivity contribution in [2.75, 3.05) is 14.2 Å². The maximum atomic E-state index is 12.7. The number of nitrogens with one attached hydrogen (secondary N) is 1. The zero-order valence-electron chi connectivity index (χ0n) is 16.3. The molecule has 0 aliphatic heterocycles. The van der Waals surface area contributed by atoms with Crippen LogP contribution in [-0.2, 0) is 17.9 Å². The fourth-order valence-corrected chi connectivity index (χ4v) is 4.17. The van der Waals surface area contributed by atoms with E-state index in [1.54, 1.807) is 48.4 Å². The van der Waals surface area contributed by atoms with Crippen molar-refractivity contribution in [2.45, 2.75) is 20.0 Å². The van der Waals surface area contributed by atoms with E-state index in [1.165, 1.54) is 9.56 Å². The quantitative estimate of drug-likeness (QED) is 0.525. The Morgan fingerprint density at radius 2 is 1.93 bits per heavy atom. The minimum atomic E-state index is -0.303. The third-order valence-electron chi connectivity index (χ3n) is 4.64. The van der Waals surface area contributed by atoms with E-state index in [2.05, 4.69) is 10.4 Å². The number of carbonyl (C=O) groups excluding carboxylic acids is 1. The molecule has 9 heteroatoms. The normalized spacial score (nSPS) is 11.1. The lowest BCUT2D eigenvalue weighted by molar-refractivity contribution is -0.122. The van der Waals surface area contributed by atoms with Gasteiger partial charge >= 0.3 is 0 Å². The molecule has 0 spiro atoms. The fraction of sp³-hybridized carbons (Fsp3) is 0.250. The van der Waals surface area contributed by atoms with Crippen LogP contribution >= 0.6 is 11.3 Å². The number of carbonyl (C=O) groups is 1. The Kier molecular flexibility index (Phi) is 4.98. The number of benzene rings is 1. The summed E-state index contributed by atoms with van der Waals surface area (Å²) < 4.78 is 14.4. The van der Waals surface area contributed by atoms with Gasteiger partial charge in [-0.25, -0.2) is 4.68 Å². The van der Waals surface area contributed by atoms with Crippen molar-refractivity contribution in [3.8, 4) is 11.5 Å². The van der Waals surface area contributed by atoms with Crippen LogP contribution in [0.3, 0.4) is 0 Å². The molecule has 1 aromatic carbocycles. The largest absolute Gasteiger partial charge is 0.493 e. The topological polar surface area (TPSA) is 86.9 Å². The van der Waals surface area contributed by atoms with Crippen LogP contribution in [0, 0.1) is 6.92 Å². The van der Waals surface area contributed by atoms with Crippen LogP contribution in [0.25, 0.3) is 15.7 Å². The number of aromatic nitrogens is 3. The molecule has 8 nitrogen and oxygen atoms in total. The second-order valence-electron chi connectivity index (χ2n) is 6.57. The molecule has 0 radical (unpaired) electrons. The fourth-order valence-electron chi connectivity index (χ4n) is 3.22. The number of hydrogen-bond acceptors (Lipinski definition) is 6. The molecule has 1 amide bonds. The molecular weight excluding hydrogens is 392 g/mol. The summed E-state index contributed by atoms with van der Waals surface area (Å²) in [5.74, 6) is 0.905. The van der Waals surface area contributed by atoms with Gasteiger partial charge in [0, 0.05) is 11.4 Å². The number of fused-ring (bicyclic) bond motifs is 3. The van der Waals surface area contributed by atoms with E-state index in [1.807, 2.05) is 25.1 Å². The number of amides is 1. The second kappa shape index (κ2) is 7.59. The summed E-state index contributed by atoms with van der Waals surface area (Å²) in [7, 11) is 3.12. The SMILES string of the molecule is COc1ccc(CNC(=O)Cn2ncn3c(cc4sc(C)cc43)c2=O)cc1OC. The molecule has 150 valence electrons. The molecule has 0 saturated heterocycles. The average molecular weight is 412 g/mol. The zero-order valence-corrected chi connectivity index (χ0v) is 17.1. The molecule has 0 bridgehead atoms. The van der Waals surface area contributed by atoms with Crippen molar-refractivity contribution in [3.63, 3.8) is 0 Å². The Hall–Kier alpha value is -3.33. The first-order valence-electron chi connectivity index (χ1n) is 8.95. The van der Waals surface area contributed by atoms with Gasteiger partial charge in [-0.15, -0.1) is 11.3 Å². The lowest BCUT2D eigenvalue weighted by Gasteiger charge is -2.11. The van der Waals surface area contributed by atoms with Crippen LogP contribution in [0.15, 0.2) is 41.5 Å². The first-order valence-corrected chi connectivity index (χ1v) is 9.76. The van der Waals surface area contributed by atoms with E-state index < -0.39 is 0 Å². The number of hydrogen-bond donors (Lipinski definition) is 1. The number of aryl methyl sites for hydroxylation is 1. The summed E-state index contributed by atoms with van der Waals surface area (Å²) in [4.78, 5) is 26.2. The summed E-state index contributed by atoms with van der Waals surface area (Å²) in [6.45, 7) is 2.17. The van der Waals surface area contributed by atoms with Gasteiger partial charge < -0.3 is 14.8 Å². The average Bonchev–Trinajstić information content (AvgIpc) is 3.24. The second-order valence-corrected chi connectivity index (χ2v) is 7.85. The number of thiophene rings is 1. The highest BCUT2D eigenvalue weighted by atomic mass is 32.1. The van der Waals surface area contributed by atoms with Gasteiger partial charge in [0.05, 0.1) is 24.4 Å². The van der Waals surface area contributed by atoms with Crippen LogP contribution in [0.4, 0.5) is 0 Å². The molecule has 0 aliphatic rings. The van der Waals surface area contributed by atoms with Gasteiger partial charge in [0.2, 0.25) is 5.91 Å². The number of nitrogens with zero attached hydrogens (tertiary/aromatic N) is 3. The number of rotatable bonds is 6. The molecule has 4 rings (SSSR count). The van der Waals surface area contributed by atoms with Crippen molar-refractivity contribution in [3.05, 3.63) is 57.5 Å². The Balaban J connectivity index is 1.49. The molecule has 0 fully saturated rings. The molecule has 4 aromatic rings. The summed E-state index contributed by atoms with van der Waals surface area (Å²) in [5, 5.41) is 6.96. The highest BCUT2D eigenvalue weighted by Crippen LogP contribution is 2.28. The smallest absolute Gasteiger partial charge is 0.291 e. The van der Waals surface area contributed by atoms with Crippen molar-refractivity contribution >= 4 is 33.0 Å². The van der Waals surface area contributed by atoms with E-state index in [0.29, 0.717) is 23.6 Å². The summed E-state index contributed by atoms with van der Waals surface area (Å²) >= 11 is 1.62. The molecule has 3 aromatic heterocycles. The number of methoxy groups -OCH3 is 2. The molecule has 29 heavy (non-hydrogen) atoms. The Morgan fingerprint density at radius 3 is 2.69 bits per heavy atom. The molecule has 3 heterocycles. The number of ether oxygens (including phenoxy) is 2. The van der Waals surface area contributed by atoms with E-state index >= 15 is 0 Å². The van der Waals surface area contributed by atoms with Gasteiger partial charge in [-0.2, -0.15) is 5.10 Å². The van der Waals surface area contributed by atoms with Crippen molar-refractivity contribution in [1.82, 2.24) is 19.5 Å². The van der Waals surface area contributed by atoms with Gasteiger partial charge in [0.25, 0.3) is 5.56 Å². The lowest BCUT2D eigenvalue weighted by atomic mass is 10.2. The molecule has 0 aliphatic carbocycles. The molecular formula is C20H20N4O4S. The van der Waals surface area contributed by atoms with Crippen molar-refractivity contribution in [1.29, 1.82) is 0 Å². The van der Waals surface area contributed by atoms with Crippen LogP contribution in [0.2, 0.25) is 0 Å². The molecule has 0 atom stereocenters. The Morgan fingerprint density at radius 1 is 1.14 bits per heavy atom.